The number of pyridine rings is 1. The Labute approximate surface area is 255 Å². The summed E-state index contributed by atoms with van der Waals surface area (Å²) in [6, 6.07) is 10.2. The minimum Gasteiger partial charge on any atom is -0.404 e. The predicted molar refractivity (Wildman–Crippen MR) is 164 cm³/mol. The highest BCUT2D eigenvalue weighted by molar-refractivity contribution is 6.47. The first kappa shape index (κ1) is 29.6. The summed E-state index contributed by atoms with van der Waals surface area (Å²) in [6.45, 7) is 6.95. The monoisotopic (exact) mass is 591 g/mol. The second-order valence-electron chi connectivity index (χ2n) is 13.8. The quantitative estimate of drug-likeness (QED) is 0.333. The smallest absolute Gasteiger partial charge is 0.404 e. The zero-order valence-corrected chi connectivity index (χ0v) is 25.7. The van der Waals surface area contributed by atoms with Crippen LogP contribution >= 0.6 is 11.6 Å². The molecule has 2 aromatic rings. The molecule has 2 amide bonds. The lowest BCUT2D eigenvalue weighted by Crippen LogP contribution is -2.65. The third kappa shape index (κ3) is 5.87. The molecule has 224 valence electrons. The molecule has 4 aliphatic carbocycles. The molecule has 1 aliphatic heterocycles. The molecule has 1 saturated heterocycles. The Balaban J connectivity index is 1.19. The Morgan fingerprint density at radius 2 is 1.90 bits per heavy atom. The number of hydrogen-bond acceptors (Lipinski definition) is 5. The van der Waals surface area contributed by atoms with Gasteiger partial charge in [0.25, 0.3) is 5.91 Å². The summed E-state index contributed by atoms with van der Waals surface area (Å²) in [6.07, 6.45) is 12.4. The number of hydrogen-bond donors (Lipinski definition) is 2. The van der Waals surface area contributed by atoms with Crippen LogP contribution in [0.1, 0.15) is 101 Å². The van der Waals surface area contributed by atoms with Crippen molar-refractivity contribution in [1.82, 2.24) is 15.6 Å². The first-order chi connectivity index (χ1) is 20.1. The number of amides is 2. The van der Waals surface area contributed by atoms with Crippen molar-refractivity contribution in [3.8, 4) is 0 Å². The number of carbonyl (C=O) groups is 2. The van der Waals surface area contributed by atoms with E-state index in [0.29, 0.717) is 28.3 Å². The van der Waals surface area contributed by atoms with E-state index in [1.54, 1.807) is 30.5 Å². The van der Waals surface area contributed by atoms with E-state index in [2.05, 4.69) is 36.4 Å². The highest BCUT2D eigenvalue weighted by Crippen LogP contribution is 2.65. The average Bonchev–Trinajstić information content (AvgIpc) is 3.34. The van der Waals surface area contributed by atoms with Crippen LogP contribution < -0.4 is 10.6 Å². The first-order valence-electron chi connectivity index (χ1n) is 15.7. The maximum absolute atomic E-state index is 13.8. The predicted octanol–water partition coefficient (Wildman–Crippen LogP) is 6.32. The van der Waals surface area contributed by atoms with Gasteiger partial charge in [-0.1, -0.05) is 69.7 Å². The Kier molecular flexibility index (Phi) is 8.42. The van der Waals surface area contributed by atoms with Gasteiger partial charge < -0.3 is 19.9 Å². The Hall–Kier alpha value is -2.42. The van der Waals surface area contributed by atoms with Crippen LogP contribution in [0.25, 0.3) is 0 Å². The zero-order valence-electron chi connectivity index (χ0n) is 25.0. The molecule has 7 nitrogen and oxygen atoms in total. The number of rotatable bonds is 9. The van der Waals surface area contributed by atoms with E-state index in [1.807, 2.05) is 12.1 Å². The number of halogens is 1. The summed E-state index contributed by atoms with van der Waals surface area (Å²) in [4.78, 5) is 31.0. The fraction of sp³-hybridized carbons (Fsp3) is 0.606. The molecular weight excluding hydrogens is 549 g/mol. The summed E-state index contributed by atoms with van der Waals surface area (Å²) in [5, 5.41) is 6.91. The number of aromatic nitrogens is 1. The molecule has 0 radical (unpaired) electrons. The largest absolute Gasteiger partial charge is 0.481 e. The van der Waals surface area contributed by atoms with Crippen molar-refractivity contribution in [3.63, 3.8) is 0 Å². The molecule has 6 atom stereocenters. The third-order valence-corrected chi connectivity index (χ3v) is 11.1. The van der Waals surface area contributed by atoms with Crippen molar-refractivity contribution in [1.29, 1.82) is 0 Å². The standard InChI is InChI=1S/C33H43BClN3O4/c1-32(2)24-17-27(32)33(3)28(18-24)41-34(42-33)29(15-21-9-5-4-6-10-21)38-30(39)19-26(22-11-7-13-25(35)16-22)37-31(40)23-12-8-14-36-20-23/h7-8,11-14,16,20-21,24,26-29H,4-6,9-10,15,17-19H2,1-3H3,(H,37,40)(H,38,39)/t24-,26?,27-,28+,29-,33-/m0/s1. The van der Waals surface area contributed by atoms with E-state index in [1.165, 1.54) is 44.7 Å². The van der Waals surface area contributed by atoms with Crippen molar-refractivity contribution < 1.29 is 18.9 Å². The number of benzene rings is 1. The summed E-state index contributed by atoms with van der Waals surface area (Å²) in [5.74, 6) is 0.962. The molecule has 5 fully saturated rings. The van der Waals surface area contributed by atoms with Crippen LogP contribution in [-0.2, 0) is 14.1 Å². The summed E-state index contributed by atoms with van der Waals surface area (Å²) >= 11 is 6.31. The van der Waals surface area contributed by atoms with Crippen molar-refractivity contribution >= 4 is 30.5 Å². The van der Waals surface area contributed by atoms with E-state index < -0.39 is 13.2 Å². The molecular formula is C33H43BClN3O4. The zero-order chi connectivity index (χ0) is 29.5. The van der Waals surface area contributed by atoms with Gasteiger partial charge in [-0.2, -0.15) is 0 Å². The van der Waals surface area contributed by atoms with E-state index >= 15 is 0 Å². The van der Waals surface area contributed by atoms with Crippen molar-refractivity contribution in [3.05, 3.63) is 64.9 Å². The molecule has 2 N–H and O–H groups in total. The maximum atomic E-state index is 13.8. The van der Waals surface area contributed by atoms with Gasteiger partial charge in [0, 0.05) is 17.4 Å². The van der Waals surface area contributed by atoms with Gasteiger partial charge in [0.05, 0.1) is 35.7 Å². The lowest BCUT2D eigenvalue weighted by Gasteiger charge is -2.64. The van der Waals surface area contributed by atoms with Crippen LogP contribution in [0.5, 0.6) is 0 Å². The SMILES string of the molecule is CC1(C)[C@@H]2C[C@H]3OB([C@H](CC4CCCCC4)NC(=O)CC(NC(=O)c4cccnc4)c4cccc(Cl)c4)O[C@@]3(C)[C@H]1C2. The van der Waals surface area contributed by atoms with E-state index in [-0.39, 0.29) is 41.3 Å². The molecule has 1 unspecified atom stereocenters. The Morgan fingerprint density at radius 3 is 2.62 bits per heavy atom. The van der Waals surface area contributed by atoms with Gasteiger partial charge in [0.15, 0.2) is 0 Å². The fourth-order valence-corrected chi connectivity index (χ4v) is 8.46. The molecule has 9 heteroatoms. The molecule has 1 aromatic carbocycles. The Bertz CT molecular complexity index is 1290. The van der Waals surface area contributed by atoms with Crippen molar-refractivity contribution in [2.24, 2.45) is 23.2 Å². The van der Waals surface area contributed by atoms with Gasteiger partial charge in [-0.15, -0.1) is 0 Å². The van der Waals surface area contributed by atoms with E-state index in [9.17, 15) is 9.59 Å². The molecule has 1 aromatic heterocycles. The van der Waals surface area contributed by atoms with Crippen LogP contribution in [-0.4, -0.2) is 41.6 Å². The molecule has 4 saturated carbocycles. The van der Waals surface area contributed by atoms with Gasteiger partial charge in [-0.3, -0.25) is 14.6 Å². The molecule has 2 bridgehead atoms. The summed E-state index contributed by atoms with van der Waals surface area (Å²) < 4.78 is 13.5. The highest BCUT2D eigenvalue weighted by Gasteiger charge is 2.68. The molecule has 2 heterocycles. The molecule has 42 heavy (non-hydrogen) atoms. The lowest BCUT2D eigenvalue weighted by atomic mass is 9.43. The first-order valence-corrected chi connectivity index (χ1v) is 16.1. The maximum Gasteiger partial charge on any atom is 0.481 e. The lowest BCUT2D eigenvalue weighted by molar-refractivity contribution is -0.199. The molecule has 0 spiro atoms. The van der Waals surface area contributed by atoms with E-state index in [0.717, 1.165) is 18.4 Å². The minimum absolute atomic E-state index is 0.0583. The molecule has 7 rings (SSSR count). The van der Waals surface area contributed by atoms with Crippen LogP contribution in [0, 0.1) is 23.2 Å². The van der Waals surface area contributed by atoms with Gasteiger partial charge in [0.1, 0.15) is 0 Å². The summed E-state index contributed by atoms with van der Waals surface area (Å²) in [7, 11) is -0.476. The third-order valence-electron chi connectivity index (χ3n) is 10.8. The van der Waals surface area contributed by atoms with Crippen LogP contribution in [0.15, 0.2) is 48.8 Å². The Morgan fingerprint density at radius 1 is 1.10 bits per heavy atom. The number of nitrogens with one attached hydrogen (secondary N) is 2. The second-order valence-corrected chi connectivity index (χ2v) is 14.2. The van der Waals surface area contributed by atoms with E-state index in [4.69, 9.17) is 20.9 Å². The average molecular weight is 592 g/mol. The van der Waals surface area contributed by atoms with Crippen LogP contribution in [0.2, 0.25) is 5.02 Å². The fourth-order valence-electron chi connectivity index (χ4n) is 8.26. The second kappa shape index (κ2) is 11.9. The summed E-state index contributed by atoms with van der Waals surface area (Å²) in [5.41, 5.74) is 1.12. The minimum atomic E-state index is -0.565. The van der Waals surface area contributed by atoms with Gasteiger partial charge in [-0.25, -0.2) is 0 Å². The number of carbonyl (C=O) groups excluding carboxylic acids is 2. The van der Waals surface area contributed by atoms with Crippen molar-refractivity contribution in [2.75, 3.05) is 0 Å². The normalized spacial score (nSPS) is 29.6. The van der Waals surface area contributed by atoms with Gasteiger partial charge in [0.2, 0.25) is 5.91 Å². The van der Waals surface area contributed by atoms with Crippen molar-refractivity contribution in [2.45, 2.75) is 102 Å². The molecule has 5 aliphatic rings. The van der Waals surface area contributed by atoms with Gasteiger partial charge >= 0.3 is 7.12 Å². The highest BCUT2D eigenvalue weighted by atomic mass is 35.5. The van der Waals surface area contributed by atoms with Gasteiger partial charge in [-0.05, 0) is 79.2 Å². The van der Waals surface area contributed by atoms with Crippen LogP contribution in [0.4, 0.5) is 0 Å². The topological polar surface area (TPSA) is 89.6 Å². The number of nitrogens with zero attached hydrogens (tertiary/aromatic N) is 1. The van der Waals surface area contributed by atoms with Crippen LogP contribution in [0.3, 0.4) is 0 Å².